The van der Waals surface area contributed by atoms with Crippen LogP contribution in [0.25, 0.3) is 0 Å². The average Bonchev–Trinajstić information content (AvgIpc) is 3.01. The number of hydrogen-bond acceptors (Lipinski definition) is 3. The summed E-state index contributed by atoms with van der Waals surface area (Å²) in [5.41, 5.74) is 2.74. The van der Waals surface area contributed by atoms with Gasteiger partial charge in [0.25, 0.3) is 5.91 Å². The molecule has 0 radical (unpaired) electrons. The lowest BCUT2D eigenvalue weighted by Gasteiger charge is -2.30. The number of para-hydroxylation sites is 1. The molecule has 0 unspecified atom stereocenters. The second kappa shape index (κ2) is 5.32. The number of fused-ring (bicyclic) bond motifs is 2. The first-order chi connectivity index (χ1) is 10.7. The Morgan fingerprint density at radius 2 is 2.09 bits per heavy atom. The summed E-state index contributed by atoms with van der Waals surface area (Å²) in [4.78, 5) is 14.8. The van der Waals surface area contributed by atoms with Gasteiger partial charge in [-0.1, -0.05) is 22.0 Å². The van der Waals surface area contributed by atoms with Crippen LogP contribution in [0.5, 0.6) is 11.5 Å². The minimum atomic E-state index is -0.0365. The van der Waals surface area contributed by atoms with Gasteiger partial charge in [0.15, 0.2) is 11.5 Å². The van der Waals surface area contributed by atoms with Crippen molar-refractivity contribution in [3.8, 4) is 11.5 Å². The number of rotatable bonds is 1. The van der Waals surface area contributed by atoms with Gasteiger partial charge in [-0.2, -0.15) is 0 Å². The Labute approximate surface area is 136 Å². The van der Waals surface area contributed by atoms with Crippen LogP contribution in [0.2, 0.25) is 0 Å². The van der Waals surface area contributed by atoms with Gasteiger partial charge < -0.3 is 14.4 Å². The Bertz CT molecular complexity index is 760. The van der Waals surface area contributed by atoms with Crippen molar-refractivity contribution in [2.45, 2.75) is 12.8 Å². The first-order valence-corrected chi connectivity index (χ1v) is 8.02. The standard InChI is InChI=1S/C17H14BrNO3/c18-12-6-7-14-11(9-12)3-2-8-19(14)17(20)13-4-1-5-15-16(13)22-10-21-15/h1,4-7,9H,2-3,8,10H2. The minimum Gasteiger partial charge on any atom is -0.454 e. The number of carbonyl (C=O) groups excluding carboxylic acids is 1. The number of anilines is 1. The predicted molar refractivity (Wildman–Crippen MR) is 86.7 cm³/mol. The average molecular weight is 360 g/mol. The summed E-state index contributed by atoms with van der Waals surface area (Å²) >= 11 is 3.49. The Balaban J connectivity index is 1.75. The van der Waals surface area contributed by atoms with E-state index in [2.05, 4.69) is 22.0 Å². The number of carbonyl (C=O) groups is 1. The molecule has 4 nitrogen and oxygen atoms in total. The van der Waals surface area contributed by atoms with Crippen LogP contribution in [0.4, 0.5) is 5.69 Å². The van der Waals surface area contributed by atoms with Gasteiger partial charge in [0.05, 0.1) is 5.56 Å². The highest BCUT2D eigenvalue weighted by atomic mass is 79.9. The minimum absolute atomic E-state index is 0.0365. The van der Waals surface area contributed by atoms with Crippen molar-refractivity contribution in [2.75, 3.05) is 18.2 Å². The molecule has 2 aliphatic rings. The van der Waals surface area contributed by atoms with E-state index in [9.17, 15) is 4.79 Å². The van der Waals surface area contributed by atoms with E-state index in [4.69, 9.17) is 9.47 Å². The Hall–Kier alpha value is -2.01. The summed E-state index contributed by atoms with van der Waals surface area (Å²) in [6.45, 7) is 0.890. The van der Waals surface area contributed by atoms with Crippen molar-refractivity contribution in [3.05, 3.63) is 52.0 Å². The monoisotopic (exact) mass is 359 g/mol. The van der Waals surface area contributed by atoms with Gasteiger partial charge in [0.2, 0.25) is 6.79 Å². The molecule has 22 heavy (non-hydrogen) atoms. The van der Waals surface area contributed by atoms with E-state index in [0.717, 1.165) is 29.5 Å². The van der Waals surface area contributed by atoms with Gasteiger partial charge >= 0.3 is 0 Å². The maximum atomic E-state index is 13.0. The topological polar surface area (TPSA) is 38.8 Å². The second-order valence-corrected chi connectivity index (χ2v) is 6.29. The third kappa shape index (κ3) is 2.16. The van der Waals surface area contributed by atoms with Crippen molar-refractivity contribution in [2.24, 2.45) is 0 Å². The zero-order valence-corrected chi connectivity index (χ0v) is 13.4. The van der Waals surface area contributed by atoms with Crippen LogP contribution in [0.3, 0.4) is 0 Å². The third-order valence-corrected chi connectivity index (χ3v) is 4.53. The van der Waals surface area contributed by atoms with E-state index in [1.165, 1.54) is 5.56 Å². The third-order valence-electron chi connectivity index (χ3n) is 4.03. The highest BCUT2D eigenvalue weighted by molar-refractivity contribution is 9.10. The van der Waals surface area contributed by atoms with Crippen molar-refractivity contribution in [1.82, 2.24) is 0 Å². The molecule has 2 aromatic rings. The molecule has 5 heteroatoms. The fourth-order valence-corrected chi connectivity index (χ4v) is 3.43. The van der Waals surface area contributed by atoms with Crippen LogP contribution < -0.4 is 14.4 Å². The van der Waals surface area contributed by atoms with Crippen molar-refractivity contribution < 1.29 is 14.3 Å². The van der Waals surface area contributed by atoms with Gasteiger partial charge in [0.1, 0.15) is 0 Å². The van der Waals surface area contributed by atoms with Crippen LogP contribution in [-0.4, -0.2) is 19.2 Å². The Kier molecular flexibility index (Phi) is 3.30. The highest BCUT2D eigenvalue weighted by Crippen LogP contribution is 2.38. The zero-order valence-electron chi connectivity index (χ0n) is 11.8. The fourth-order valence-electron chi connectivity index (χ4n) is 3.02. The molecule has 0 atom stereocenters. The normalized spacial score (nSPS) is 15.6. The zero-order chi connectivity index (χ0) is 15.1. The molecular weight excluding hydrogens is 346 g/mol. The van der Waals surface area contributed by atoms with E-state index in [1.54, 1.807) is 6.07 Å². The summed E-state index contributed by atoms with van der Waals surface area (Å²) in [5.74, 6) is 1.15. The van der Waals surface area contributed by atoms with Crippen molar-refractivity contribution >= 4 is 27.5 Å². The molecule has 0 N–H and O–H groups in total. The van der Waals surface area contributed by atoms with Gasteiger partial charge in [0, 0.05) is 16.7 Å². The molecule has 0 bridgehead atoms. The Morgan fingerprint density at radius 1 is 1.18 bits per heavy atom. The van der Waals surface area contributed by atoms with Gasteiger partial charge in [-0.15, -0.1) is 0 Å². The van der Waals surface area contributed by atoms with Crippen LogP contribution in [0.1, 0.15) is 22.3 Å². The number of halogens is 1. The van der Waals surface area contributed by atoms with Gasteiger partial charge in [-0.25, -0.2) is 0 Å². The molecule has 0 aromatic heterocycles. The van der Waals surface area contributed by atoms with E-state index < -0.39 is 0 Å². The molecular formula is C17H14BrNO3. The van der Waals surface area contributed by atoms with E-state index in [0.29, 0.717) is 17.1 Å². The predicted octanol–water partition coefficient (Wildman–Crippen LogP) is 3.77. The van der Waals surface area contributed by atoms with E-state index in [-0.39, 0.29) is 12.7 Å². The van der Waals surface area contributed by atoms with Gasteiger partial charge in [-0.05, 0) is 48.7 Å². The lowest BCUT2D eigenvalue weighted by molar-refractivity contribution is 0.0980. The van der Waals surface area contributed by atoms with Gasteiger partial charge in [-0.3, -0.25) is 4.79 Å². The molecule has 2 aromatic carbocycles. The maximum absolute atomic E-state index is 13.0. The molecule has 0 saturated heterocycles. The molecule has 0 saturated carbocycles. The second-order valence-electron chi connectivity index (χ2n) is 5.37. The largest absolute Gasteiger partial charge is 0.454 e. The number of hydrogen-bond donors (Lipinski definition) is 0. The summed E-state index contributed by atoms with van der Waals surface area (Å²) < 4.78 is 11.9. The lowest BCUT2D eigenvalue weighted by atomic mass is 10.0. The fraction of sp³-hybridized carbons (Fsp3) is 0.235. The molecule has 0 aliphatic carbocycles. The molecule has 1 amide bonds. The molecule has 2 heterocycles. The molecule has 2 aliphatic heterocycles. The summed E-state index contributed by atoms with van der Waals surface area (Å²) in [7, 11) is 0. The van der Waals surface area contributed by atoms with Crippen LogP contribution in [0.15, 0.2) is 40.9 Å². The molecule has 0 fully saturated rings. The summed E-state index contributed by atoms with van der Waals surface area (Å²) in [6.07, 6.45) is 1.95. The summed E-state index contributed by atoms with van der Waals surface area (Å²) in [6, 6.07) is 11.5. The van der Waals surface area contributed by atoms with E-state index >= 15 is 0 Å². The highest BCUT2D eigenvalue weighted by Gasteiger charge is 2.28. The van der Waals surface area contributed by atoms with Crippen molar-refractivity contribution in [1.29, 1.82) is 0 Å². The smallest absolute Gasteiger partial charge is 0.262 e. The number of nitrogens with zero attached hydrogens (tertiary/aromatic N) is 1. The molecule has 0 spiro atoms. The van der Waals surface area contributed by atoms with Crippen molar-refractivity contribution in [3.63, 3.8) is 0 Å². The molecule has 4 rings (SSSR count). The van der Waals surface area contributed by atoms with Crippen LogP contribution in [-0.2, 0) is 6.42 Å². The lowest BCUT2D eigenvalue weighted by Crippen LogP contribution is -2.35. The van der Waals surface area contributed by atoms with E-state index in [1.807, 2.05) is 29.2 Å². The number of ether oxygens (including phenoxy) is 2. The summed E-state index contributed by atoms with van der Waals surface area (Å²) in [5, 5.41) is 0. The maximum Gasteiger partial charge on any atom is 0.262 e. The number of benzene rings is 2. The van der Waals surface area contributed by atoms with Crippen LogP contribution in [0, 0.1) is 0 Å². The van der Waals surface area contributed by atoms with Crippen LogP contribution >= 0.6 is 15.9 Å². The Morgan fingerprint density at radius 3 is 3.00 bits per heavy atom. The number of amides is 1. The SMILES string of the molecule is O=C(c1cccc2c1OCO2)N1CCCc2cc(Br)ccc21. The molecule has 112 valence electrons. The first-order valence-electron chi connectivity index (χ1n) is 7.23. The first kappa shape index (κ1) is 13.6. The number of aryl methyl sites for hydroxylation is 1. The quantitative estimate of drug-likeness (QED) is 0.777.